The number of hydrogen-bond donors (Lipinski definition) is 3. The zero-order valence-electron chi connectivity index (χ0n) is 14.6. The van der Waals surface area contributed by atoms with E-state index in [1.165, 1.54) is 12.8 Å². The van der Waals surface area contributed by atoms with Gasteiger partial charge in [-0.2, -0.15) is 5.10 Å². The van der Waals surface area contributed by atoms with Gasteiger partial charge in [0, 0.05) is 18.3 Å². The molecular formula is C19H26N4O2. The zero-order valence-corrected chi connectivity index (χ0v) is 14.6. The topological polar surface area (TPSA) is 79.2 Å². The third-order valence-electron chi connectivity index (χ3n) is 4.68. The van der Waals surface area contributed by atoms with Gasteiger partial charge in [0.1, 0.15) is 6.54 Å². The molecule has 1 fully saturated rings. The van der Waals surface area contributed by atoms with Gasteiger partial charge in [-0.1, -0.05) is 37.1 Å². The first kappa shape index (κ1) is 17.5. The molecule has 1 saturated carbocycles. The second-order valence-electron chi connectivity index (χ2n) is 6.74. The fourth-order valence-electron chi connectivity index (χ4n) is 3.31. The lowest BCUT2D eigenvalue weighted by Crippen LogP contribution is -2.35. The van der Waals surface area contributed by atoms with Crippen molar-refractivity contribution in [2.24, 2.45) is 0 Å². The van der Waals surface area contributed by atoms with E-state index >= 15 is 0 Å². The first-order valence-electron chi connectivity index (χ1n) is 8.92. The van der Waals surface area contributed by atoms with Crippen LogP contribution in [0.25, 0.3) is 0 Å². The quantitative estimate of drug-likeness (QED) is 0.723. The van der Waals surface area contributed by atoms with Crippen LogP contribution in [0.5, 0.6) is 0 Å². The number of amides is 1. The van der Waals surface area contributed by atoms with Crippen molar-refractivity contribution in [2.75, 3.05) is 5.32 Å². The van der Waals surface area contributed by atoms with Crippen LogP contribution in [-0.4, -0.2) is 26.8 Å². The monoisotopic (exact) mass is 342 g/mol. The molecule has 2 aromatic rings. The maximum absolute atomic E-state index is 12.1. The van der Waals surface area contributed by atoms with E-state index in [1.807, 2.05) is 30.5 Å². The van der Waals surface area contributed by atoms with E-state index < -0.39 is 0 Å². The van der Waals surface area contributed by atoms with Crippen LogP contribution < -0.4 is 10.6 Å². The first-order valence-corrected chi connectivity index (χ1v) is 8.92. The van der Waals surface area contributed by atoms with E-state index in [0.29, 0.717) is 6.04 Å². The number of carbonyl (C=O) groups excluding carboxylic acids is 1. The summed E-state index contributed by atoms with van der Waals surface area (Å²) < 4.78 is 1.66. The lowest BCUT2D eigenvalue weighted by atomic mass is 10.1. The fourth-order valence-corrected chi connectivity index (χ4v) is 3.31. The molecule has 1 amide bonds. The highest BCUT2D eigenvalue weighted by Gasteiger charge is 2.17. The van der Waals surface area contributed by atoms with Crippen LogP contribution >= 0.6 is 0 Å². The molecule has 0 saturated heterocycles. The molecule has 1 atom stereocenters. The SMILES string of the molecule is CC(Nc1cnn(CC(=O)NC2CCCC2)c1)c1cccc(CO)c1. The van der Waals surface area contributed by atoms with Gasteiger partial charge in [-0.25, -0.2) is 0 Å². The number of benzene rings is 1. The molecule has 1 aromatic heterocycles. The lowest BCUT2D eigenvalue weighted by molar-refractivity contribution is -0.122. The third kappa shape index (κ3) is 4.82. The summed E-state index contributed by atoms with van der Waals surface area (Å²) in [6.45, 7) is 2.34. The van der Waals surface area contributed by atoms with Crippen molar-refractivity contribution >= 4 is 11.6 Å². The summed E-state index contributed by atoms with van der Waals surface area (Å²) >= 11 is 0. The summed E-state index contributed by atoms with van der Waals surface area (Å²) in [6.07, 6.45) is 8.16. The van der Waals surface area contributed by atoms with Crippen molar-refractivity contribution in [2.45, 2.75) is 57.8 Å². The Hall–Kier alpha value is -2.34. The molecule has 6 nitrogen and oxygen atoms in total. The normalized spacial score (nSPS) is 15.9. The van der Waals surface area contributed by atoms with Gasteiger partial charge in [-0.05, 0) is 30.9 Å². The molecule has 6 heteroatoms. The minimum Gasteiger partial charge on any atom is -0.392 e. The third-order valence-corrected chi connectivity index (χ3v) is 4.68. The molecule has 3 rings (SSSR count). The van der Waals surface area contributed by atoms with Crippen LogP contribution in [0.2, 0.25) is 0 Å². The van der Waals surface area contributed by atoms with Gasteiger partial charge in [-0.3, -0.25) is 9.48 Å². The number of hydrogen-bond acceptors (Lipinski definition) is 4. The molecule has 3 N–H and O–H groups in total. The van der Waals surface area contributed by atoms with Gasteiger partial charge in [0.05, 0.1) is 18.5 Å². The highest BCUT2D eigenvalue weighted by atomic mass is 16.3. The molecule has 134 valence electrons. The molecule has 0 radical (unpaired) electrons. The van der Waals surface area contributed by atoms with Crippen molar-refractivity contribution in [3.63, 3.8) is 0 Å². The molecular weight excluding hydrogens is 316 g/mol. The maximum Gasteiger partial charge on any atom is 0.241 e. The highest BCUT2D eigenvalue weighted by molar-refractivity contribution is 5.76. The summed E-state index contributed by atoms with van der Waals surface area (Å²) in [5, 5.41) is 20.0. The number of nitrogens with one attached hydrogen (secondary N) is 2. The van der Waals surface area contributed by atoms with Crippen molar-refractivity contribution in [1.82, 2.24) is 15.1 Å². The smallest absolute Gasteiger partial charge is 0.241 e. The van der Waals surface area contributed by atoms with Gasteiger partial charge in [-0.15, -0.1) is 0 Å². The number of aliphatic hydroxyl groups excluding tert-OH is 1. The number of carbonyl (C=O) groups is 1. The summed E-state index contributed by atoms with van der Waals surface area (Å²) in [7, 11) is 0. The van der Waals surface area contributed by atoms with Crippen molar-refractivity contribution in [1.29, 1.82) is 0 Å². The Morgan fingerprint density at radius 2 is 2.20 bits per heavy atom. The summed E-state index contributed by atoms with van der Waals surface area (Å²) in [4.78, 5) is 12.1. The summed E-state index contributed by atoms with van der Waals surface area (Å²) in [6, 6.07) is 8.26. The molecule has 1 unspecified atom stereocenters. The Labute approximate surface area is 148 Å². The standard InChI is InChI=1S/C19H26N4O2/c1-14(16-6-4-5-15(9-16)13-24)21-18-10-20-23(11-18)12-19(25)22-17-7-2-3-8-17/h4-6,9-11,14,17,21,24H,2-3,7-8,12-13H2,1H3,(H,22,25). The van der Waals surface area contributed by atoms with E-state index in [0.717, 1.165) is 29.7 Å². The maximum atomic E-state index is 12.1. The van der Waals surface area contributed by atoms with Crippen LogP contribution in [0, 0.1) is 0 Å². The minimum absolute atomic E-state index is 0.0187. The Bertz CT molecular complexity index is 707. The van der Waals surface area contributed by atoms with Gasteiger partial charge in [0.25, 0.3) is 0 Å². The fraction of sp³-hybridized carbons (Fsp3) is 0.474. The van der Waals surface area contributed by atoms with Crippen molar-refractivity contribution < 1.29 is 9.90 Å². The average Bonchev–Trinajstić information content (AvgIpc) is 3.27. The second kappa shape index (κ2) is 8.16. The number of aliphatic hydroxyl groups is 1. The molecule has 1 aromatic carbocycles. The first-order chi connectivity index (χ1) is 12.1. The number of rotatable bonds is 7. The average molecular weight is 342 g/mol. The van der Waals surface area contributed by atoms with Crippen LogP contribution in [-0.2, 0) is 17.9 Å². The van der Waals surface area contributed by atoms with E-state index in [9.17, 15) is 9.90 Å². The number of nitrogens with zero attached hydrogens (tertiary/aromatic N) is 2. The van der Waals surface area contributed by atoms with Crippen LogP contribution in [0.4, 0.5) is 5.69 Å². The summed E-state index contributed by atoms with van der Waals surface area (Å²) in [5.74, 6) is 0.0187. The predicted octanol–water partition coefficient (Wildman–Crippen LogP) is 2.61. The van der Waals surface area contributed by atoms with E-state index in [4.69, 9.17) is 0 Å². The molecule has 1 aliphatic rings. The van der Waals surface area contributed by atoms with Gasteiger partial charge < -0.3 is 15.7 Å². The largest absolute Gasteiger partial charge is 0.392 e. The minimum atomic E-state index is 0.0187. The number of aromatic nitrogens is 2. The predicted molar refractivity (Wildman–Crippen MR) is 97.0 cm³/mol. The van der Waals surface area contributed by atoms with Crippen LogP contribution in [0.15, 0.2) is 36.7 Å². The lowest BCUT2D eigenvalue weighted by Gasteiger charge is -2.15. The van der Waals surface area contributed by atoms with E-state index in [-0.39, 0.29) is 25.1 Å². The highest BCUT2D eigenvalue weighted by Crippen LogP contribution is 2.20. The number of anilines is 1. The molecule has 25 heavy (non-hydrogen) atoms. The van der Waals surface area contributed by atoms with Gasteiger partial charge in [0.2, 0.25) is 5.91 Å². The Morgan fingerprint density at radius 1 is 1.40 bits per heavy atom. The zero-order chi connectivity index (χ0) is 17.6. The van der Waals surface area contributed by atoms with Crippen LogP contribution in [0.1, 0.15) is 49.8 Å². The molecule has 1 aliphatic carbocycles. The van der Waals surface area contributed by atoms with Crippen molar-refractivity contribution in [3.05, 3.63) is 47.8 Å². The van der Waals surface area contributed by atoms with E-state index in [1.54, 1.807) is 10.9 Å². The Balaban J connectivity index is 1.54. The summed E-state index contributed by atoms with van der Waals surface area (Å²) in [5.41, 5.74) is 2.86. The van der Waals surface area contributed by atoms with Gasteiger partial charge >= 0.3 is 0 Å². The van der Waals surface area contributed by atoms with Crippen LogP contribution in [0.3, 0.4) is 0 Å². The molecule has 0 aliphatic heterocycles. The Morgan fingerprint density at radius 3 is 2.96 bits per heavy atom. The van der Waals surface area contributed by atoms with E-state index in [2.05, 4.69) is 22.7 Å². The molecule has 1 heterocycles. The Kier molecular flexibility index (Phi) is 5.71. The van der Waals surface area contributed by atoms with Gasteiger partial charge in [0.15, 0.2) is 0 Å². The molecule has 0 spiro atoms. The second-order valence-corrected chi connectivity index (χ2v) is 6.74. The molecule has 0 bridgehead atoms. The van der Waals surface area contributed by atoms with Crippen molar-refractivity contribution in [3.8, 4) is 0 Å².